The predicted octanol–water partition coefficient (Wildman–Crippen LogP) is 5.16. The number of furan rings is 1. The smallest absolute Gasteiger partial charge is 0.145 e. The van der Waals surface area contributed by atoms with Gasteiger partial charge in [0.1, 0.15) is 18.5 Å². The fourth-order valence-electron chi connectivity index (χ4n) is 3.75. The molecule has 0 aliphatic carbocycles. The molecule has 2 atom stereocenters. The molecule has 3 aromatic rings. The number of oxime groups is 1. The minimum Gasteiger partial charge on any atom is -0.467 e. The molecule has 174 valence electrons. The largest absolute Gasteiger partial charge is 0.467 e. The van der Waals surface area contributed by atoms with Gasteiger partial charge in [0.15, 0.2) is 0 Å². The van der Waals surface area contributed by atoms with Crippen LogP contribution in [0.2, 0.25) is 10.0 Å². The molecular weight excluding hydrogens is 463 g/mol. The molecular formula is C25H26Cl2N2O4. The lowest BCUT2D eigenvalue weighted by molar-refractivity contribution is -0.00955. The van der Waals surface area contributed by atoms with E-state index in [1.807, 2.05) is 36.4 Å². The summed E-state index contributed by atoms with van der Waals surface area (Å²) in [6.07, 6.45) is 1.47. The number of aliphatic hydroxyl groups is 1. The molecule has 1 aliphatic heterocycles. The van der Waals surface area contributed by atoms with Gasteiger partial charge in [0.2, 0.25) is 0 Å². The fourth-order valence-corrected chi connectivity index (χ4v) is 4.04. The molecule has 0 saturated carbocycles. The summed E-state index contributed by atoms with van der Waals surface area (Å²) in [6, 6.07) is 19.3. The van der Waals surface area contributed by atoms with Crippen LogP contribution in [0.5, 0.6) is 0 Å². The molecule has 1 aromatic heterocycles. The van der Waals surface area contributed by atoms with Crippen LogP contribution in [0, 0.1) is 0 Å². The average Bonchev–Trinajstić information content (AvgIpc) is 3.49. The number of ether oxygens (including phenoxy) is 1. The maximum absolute atomic E-state index is 10.6. The third kappa shape index (κ3) is 7.06. The van der Waals surface area contributed by atoms with Gasteiger partial charge in [-0.15, -0.1) is 0 Å². The van der Waals surface area contributed by atoms with Gasteiger partial charge in [-0.1, -0.05) is 64.8 Å². The Kier molecular flexibility index (Phi) is 8.42. The van der Waals surface area contributed by atoms with E-state index in [-0.39, 0.29) is 12.7 Å². The topological polar surface area (TPSA) is 67.4 Å². The van der Waals surface area contributed by atoms with Gasteiger partial charge < -0.3 is 19.1 Å². The van der Waals surface area contributed by atoms with Gasteiger partial charge in [-0.3, -0.25) is 4.90 Å². The van der Waals surface area contributed by atoms with Crippen molar-refractivity contribution in [3.63, 3.8) is 0 Å². The average molecular weight is 489 g/mol. The quantitative estimate of drug-likeness (QED) is 0.403. The maximum Gasteiger partial charge on any atom is 0.145 e. The number of halogens is 2. The van der Waals surface area contributed by atoms with Crippen molar-refractivity contribution in [2.24, 2.45) is 5.16 Å². The highest BCUT2D eigenvalue weighted by Crippen LogP contribution is 2.26. The van der Waals surface area contributed by atoms with Crippen molar-refractivity contribution < 1.29 is 19.1 Å². The van der Waals surface area contributed by atoms with E-state index in [0.29, 0.717) is 42.7 Å². The SMILES string of the molecule is O[C@@H](COCc1ccco1)CN(Cc1ccccc1)C[C@@H]1CC(c2ccc(Cl)c(Cl)c2)=NO1. The Morgan fingerprint density at radius 1 is 1.09 bits per heavy atom. The Labute approximate surface area is 203 Å². The first-order valence-corrected chi connectivity index (χ1v) is 11.5. The van der Waals surface area contributed by atoms with E-state index in [1.54, 1.807) is 18.4 Å². The molecule has 0 fully saturated rings. The van der Waals surface area contributed by atoms with E-state index in [4.69, 9.17) is 37.2 Å². The second-order valence-electron chi connectivity index (χ2n) is 8.03. The van der Waals surface area contributed by atoms with E-state index < -0.39 is 6.10 Å². The molecule has 0 amide bonds. The van der Waals surface area contributed by atoms with E-state index in [0.717, 1.165) is 22.6 Å². The van der Waals surface area contributed by atoms with E-state index in [2.05, 4.69) is 22.2 Å². The molecule has 2 aromatic carbocycles. The second kappa shape index (κ2) is 11.7. The summed E-state index contributed by atoms with van der Waals surface area (Å²) >= 11 is 12.2. The number of nitrogens with zero attached hydrogens (tertiary/aromatic N) is 2. The molecule has 2 heterocycles. The number of rotatable bonds is 11. The van der Waals surface area contributed by atoms with E-state index in [9.17, 15) is 5.11 Å². The first-order valence-electron chi connectivity index (χ1n) is 10.8. The minimum atomic E-state index is -0.652. The summed E-state index contributed by atoms with van der Waals surface area (Å²) < 4.78 is 10.9. The first-order chi connectivity index (χ1) is 16.1. The highest BCUT2D eigenvalue weighted by Gasteiger charge is 2.26. The highest BCUT2D eigenvalue weighted by atomic mass is 35.5. The summed E-state index contributed by atoms with van der Waals surface area (Å²) in [5.74, 6) is 0.731. The lowest BCUT2D eigenvalue weighted by atomic mass is 10.0. The fraction of sp³-hybridized carbons (Fsp3) is 0.320. The summed E-state index contributed by atoms with van der Waals surface area (Å²) in [7, 11) is 0. The predicted molar refractivity (Wildman–Crippen MR) is 129 cm³/mol. The Balaban J connectivity index is 1.34. The van der Waals surface area contributed by atoms with Gasteiger partial charge >= 0.3 is 0 Å². The molecule has 0 bridgehead atoms. The third-order valence-corrected chi connectivity index (χ3v) is 6.04. The molecule has 0 unspecified atom stereocenters. The van der Waals surface area contributed by atoms with Crippen LogP contribution in [-0.4, -0.2) is 47.6 Å². The maximum atomic E-state index is 10.6. The zero-order valence-electron chi connectivity index (χ0n) is 18.1. The number of hydrogen-bond acceptors (Lipinski definition) is 6. The van der Waals surface area contributed by atoms with Crippen LogP contribution in [0.1, 0.15) is 23.3 Å². The lowest BCUT2D eigenvalue weighted by Gasteiger charge is -2.27. The Hall–Kier alpha value is -2.35. The van der Waals surface area contributed by atoms with Crippen LogP contribution in [0.3, 0.4) is 0 Å². The van der Waals surface area contributed by atoms with Gasteiger partial charge in [-0.25, -0.2) is 0 Å². The van der Waals surface area contributed by atoms with Crippen LogP contribution in [0.25, 0.3) is 0 Å². The van der Waals surface area contributed by atoms with E-state index in [1.165, 1.54) is 0 Å². The van der Waals surface area contributed by atoms with Gasteiger partial charge in [-0.2, -0.15) is 0 Å². The lowest BCUT2D eigenvalue weighted by Crippen LogP contribution is -2.39. The number of hydrogen-bond donors (Lipinski definition) is 1. The third-order valence-electron chi connectivity index (χ3n) is 5.30. The van der Waals surface area contributed by atoms with Crippen LogP contribution < -0.4 is 0 Å². The van der Waals surface area contributed by atoms with Gasteiger partial charge in [0, 0.05) is 31.6 Å². The van der Waals surface area contributed by atoms with Crippen LogP contribution in [0.4, 0.5) is 0 Å². The first kappa shape index (κ1) is 23.8. The minimum absolute atomic E-state index is 0.130. The summed E-state index contributed by atoms with van der Waals surface area (Å²) in [4.78, 5) is 7.88. The normalized spacial score (nSPS) is 16.6. The molecule has 4 rings (SSSR count). The van der Waals surface area contributed by atoms with Gasteiger partial charge in [0.25, 0.3) is 0 Å². The zero-order valence-corrected chi connectivity index (χ0v) is 19.6. The molecule has 6 nitrogen and oxygen atoms in total. The standard InChI is InChI=1S/C25H26Cl2N2O4/c26-23-9-8-19(11-24(23)27)25-12-22(33-28-25)15-29(13-18-5-2-1-3-6-18)14-20(30)16-31-17-21-7-4-10-32-21/h1-11,20,22,30H,12-17H2/t20-,22+/m1/s1. The zero-order chi connectivity index (χ0) is 23.0. The summed E-state index contributed by atoms with van der Waals surface area (Å²) in [5, 5.41) is 15.9. The van der Waals surface area contributed by atoms with Crippen LogP contribution >= 0.6 is 23.2 Å². The van der Waals surface area contributed by atoms with Crippen LogP contribution in [0.15, 0.2) is 76.5 Å². The van der Waals surface area contributed by atoms with Crippen molar-refractivity contribution >= 4 is 28.9 Å². The molecule has 0 spiro atoms. The van der Waals surface area contributed by atoms with Crippen molar-refractivity contribution in [1.82, 2.24) is 4.90 Å². The molecule has 1 aliphatic rings. The molecule has 0 radical (unpaired) electrons. The van der Waals surface area contributed by atoms with Crippen molar-refractivity contribution in [3.8, 4) is 0 Å². The summed E-state index contributed by atoms with van der Waals surface area (Å²) in [5.41, 5.74) is 2.89. The Bertz CT molecular complexity index is 1040. The molecule has 33 heavy (non-hydrogen) atoms. The number of aliphatic hydroxyl groups excluding tert-OH is 1. The molecule has 8 heteroatoms. The van der Waals surface area contributed by atoms with Gasteiger partial charge in [0.05, 0.1) is 34.7 Å². The van der Waals surface area contributed by atoms with Gasteiger partial charge in [-0.05, 0) is 29.8 Å². The van der Waals surface area contributed by atoms with Crippen LogP contribution in [-0.2, 0) is 22.7 Å². The molecule has 1 N–H and O–H groups in total. The van der Waals surface area contributed by atoms with Crippen molar-refractivity contribution in [1.29, 1.82) is 0 Å². The number of benzene rings is 2. The Morgan fingerprint density at radius 2 is 1.94 bits per heavy atom. The molecule has 0 saturated heterocycles. The highest BCUT2D eigenvalue weighted by molar-refractivity contribution is 6.42. The van der Waals surface area contributed by atoms with Crippen molar-refractivity contribution in [2.75, 3.05) is 19.7 Å². The van der Waals surface area contributed by atoms with E-state index >= 15 is 0 Å². The Morgan fingerprint density at radius 3 is 2.70 bits per heavy atom. The van der Waals surface area contributed by atoms with Crippen molar-refractivity contribution in [3.05, 3.63) is 93.9 Å². The summed E-state index contributed by atoms with van der Waals surface area (Å²) in [6.45, 7) is 2.27. The monoisotopic (exact) mass is 488 g/mol. The second-order valence-corrected chi connectivity index (χ2v) is 8.84. The van der Waals surface area contributed by atoms with Crippen molar-refractivity contribution in [2.45, 2.75) is 31.8 Å².